The molecule has 28 heavy (non-hydrogen) atoms. The Bertz CT molecular complexity index is 989. The molecule has 2 amide bonds. The highest BCUT2D eigenvalue weighted by atomic mass is 16.5. The van der Waals surface area contributed by atoms with E-state index in [0.717, 1.165) is 0 Å². The largest absolute Gasteiger partial charge is 0.497 e. The normalized spacial score (nSPS) is 10.1. The van der Waals surface area contributed by atoms with E-state index in [1.54, 1.807) is 55.6 Å². The number of aromatic nitrogens is 2. The van der Waals surface area contributed by atoms with Crippen LogP contribution in [0.3, 0.4) is 0 Å². The quantitative estimate of drug-likeness (QED) is 0.608. The van der Waals surface area contributed by atoms with Crippen LogP contribution in [0.5, 0.6) is 5.75 Å². The van der Waals surface area contributed by atoms with Crippen molar-refractivity contribution in [1.82, 2.24) is 9.97 Å². The molecule has 0 spiro atoms. The SMILES string of the molecule is COc1ccc(NC(=O)c2ccnc(Nc3cccc(NC(C)=O)c3)n2)cc1. The van der Waals surface area contributed by atoms with Crippen molar-refractivity contribution in [3.63, 3.8) is 0 Å². The molecule has 0 bridgehead atoms. The van der Waals surface area contributed by atoms with Gasteiger partial charge in [0.1, 0.15) is 11.4 Å². The Labute approximate surface area is 162 Å². The maximum atomic E-state index is 12.4. The average Bonchev–Trinajstić information content (AvgIpc) is 2.68. The molecule has 0 unspecified atom stereocenters. The first kappa shape index (κ1) is 18.8. The monoisotopic (exact) mass is 377 g/mol. The lowest BCUT2D eigenvalue weighted by molar-refractivity contribution is -0.114. The third-order valence-electron chi connectivity index (χ3n) is 3.68. The van der Waals surface area contributed by atoms with Gasteiger partial charge < -0.3 is 20.7 Å². The smallest absolute Gasteiger partial charge is 0.274 e. The van der Waals surface area contributed by atoms with E-state index in [4.69, 9.17) is 4.74 Å². The summed E-state index contributed by atoms with van der Waals surface area (Å²) >= 11 is 0. The molecule has 0 fully saturated rings. The van der Waals surface area contributed by atoms with E-state index in [0.29, 0.717) is 22.8 Å². The summed E-state index contributed by atoms with van der Waals surface area (Å²) in [7, 11) is 1.58. The molecule has 8 nitrogen and oxygen atoms in total. The second kappa shape index (κ2) is 8.63. The van der Waals surface area contributed by atoms with Crippen LogP contribution in [-0.2, 0) is 4.79 Å². The summed E-state index contributed by atoms with van der Waals surface area (Å²) in [5.74, 6) is 0.448. The molecule has 8 heteroatoms. The minimum Gasteiger partial charge on any atom is -0.497 e. The molecule has 3 N–H and O–H groups in total. The number of hydrogen-bond donors (Lipinski definition) is 3. The number of benzene rings is 2. The van der Waals surface area contributed by atoms with Crippen LogP contribution < -0.4 is 20.7 Å². The fraction of sp³-hybridized carbons (Fsp3) is 0.100. The Morgan fingerprint density at radius 3 is 2.39 bits per heavy atom. The molecule has 0 aliphatic heterocycles. The highest BCUT2D eigenvalue weighted by molar-refractivity contribution is 6.03. The van der Waals surface area contributed by atoms with Crippen molar-refractivity contribution >= 4 is 34.8 Å². The molecule has 142 valence electrons. The molecule has 0 atom stereocenters. The number of nitrogens with zero attached hydrogens (tertiary/aromatic N) is 2. The average molecular weight is 377 g/mol. The first-order valence-electron chi connectivity index (χ1n) is 8.46. The van der Waals surface area contributed by atoms with Gasteiger partial charge in [-0.2, -0.15) is 0 Å². The first-order valence-corrected chi connectivity index (χ1v) is 8.46. The number of amides is 2. The van der Waals surface area contributed by atoms with Gasteiger partial charge in [0.05, 0.1) is 7.11 Å². The van der Waals surface area contributed by atoms with Gasteiger partial charge in [-0.1, -0.05) is 6.07 Å². The third-order valence-corrected chi connectivity index (χ3v) is 3.68. The van der Waals surface area contributed by atoms with Gasteiger partial charge >= 0.3 is 0 Å². The van der Waals surface area contributed by atoms with Gasteiger partial charge in [-0.15, -0.1) is 0 Å². The number of nitrogens with one attached hydrogen (secondary N) is 3. The van der Waals surface area contributed by atoms with E-state index in [1.165, 1.54) is 19.2 Å². The van der Waals surface area contributed by atoms with Gasteiger partial charge in [-0.3, -0.25) is 9.59 Å². The Kier molecular flexibility index (Phi) is 5.81. The lowest BCUT2D eigenvalue weighted by Gasteiger charge is -2.09. The van der Waals surface area contributed by atoms with Crippen LogP contribution in [0.1, 0.15) is 17.4 Å². The topological polar surface area (TPSA) is 105 Å². The van der Waals surface area contributed by atoms with Crippen molar-refractivity contribution in [2.24, 2.45) is 0 Å². The van der Waals surface area contributed by atoms with Gasteiger partial charge in [-0.25, -0.2) is 9.97 Å². The summed E-state index contributed by atoms with van der Waals surface area (Å²) in [6.45, 7) is 1.44. The van der Waals surface area contributed by atoms with Crippen molar-refractivity contribution in [3.8, 4) is 5.75 Å². The number of ether oxygens (including phenoxy) is 1. The van der Waals surface area contributed by atoms with Crippen LogP contribution in [0.2, 0.25) is 0 Å². The summed E-state index contributed by atoms with van der Waals surface area (Å²) in [6, 6.07) is 15.6. The highest BCUT2D eigenvalue weighted by Crippen LogP contribution is 2.19. The Morgan fingerprint density at radius 1 is 0.929 bits per heavy atom. The fourth-order valence-electron chi connectivity index (χ4n) is 2.42. The zero-order valence-corrected chi connectivity index (χ0v) is 15.4. The van der Waals surface area contributed by atoms with Crippen molar-refractivity contribution < 1.29 is 14.3 Å². The van der Waals surface area contributed by atoms with Gasteiger partial charge in [0.2, 0.25) is 11.9 Å². The molecule has 0 aliphatic carbocycles. The van der Waals surface area contributed by atoms with Crippen molar-refractivity contribution in [2.75, 3.05) is 23.1 Å². The van der Waals surface area contributed by atoms with Gasteiger partial charge in [0, 0.05) is 30.2 Å². The van der Waals surface area contributed by atoms with Crippen LogP contribution in [0.15, 0.2) is 60.8 Å². The van der Waals surface area contributed by atoms with E-state index < -0.39 is 0 Å². The minimum absolute atomic E-state index is 0.161. The molecule has 0 saturated carbocycles. The molecular weight excluding hydrogens is 358 g/mol. The molecule has 3 aromatic rings. The molecule has 1 aromatic heterocycles. The number of rotatable bonds is 6. The molecule has 0 aliphatic rings. The highest BCUT2D eigenvalue weighted by Gasteiger charge is 2.10. The summed E-state index contributed by atoms with van der Waals surface area (Å²) in [6.07, 6.45) is 1.50. The van der Waals surface area contributed by atoms with Gasteiger partial charge in [-0.05, 0) is 48.5 Å². The lowest BCUT2D eigenvalue weighted by atomic mass is 10.2. The number of carbonyl (C=O) groups excluding carboxylic acids is 2. The molecule has 3 rings (SSSR count). The Morgan fingerprint density at radius 2 is 1.68 bits per heavy atom. The summed E-state index contributed by atoms with van der Waals surface area (Å²) in [5, 5.41) is 8.50. The molecule has 2 aromatic carbocycles. The van der Waals surface area contributed by atoms with Crippen LogP contribution in [0, 0.1) is 0 Å². The van der Waals surface area contributed by atoms with Crippen LogP contribution in [0.25, 0.3) is 0 Å². The molecule has 0 saturated heterocycles. The minimum atomic E-state index is -0.359. The fourth-order valence-corrected chi connectivity index (χ4v) is 2.42. The van der Waals surface area contributed by atoms with E-state index in [9.17, 15) is 9.59 Å². The van der Waals surface area contributed by atoms with Crippen LogP contribution >= 0.6 is 0 Å². The lowest BCUT2D eigenvalue weighted by Crippen LogP contribution is -2.14. The second-order valence-electron chi connectivity index (χ2n) is 5.84. The van der Waals surface area contributed by atoms with Crippen LogP contribution in [0.4, 0.5) is 23.0 Å². The molecule has 0 radical (unpaired) electrons. The summed E-state index contributed by atoms with van der Waals surface area (Å²) < 4.78 is 5.10. The van der Waals surface area contributed by atoms with Gasteiger partial charge in [0.25, 0.3) is 5.91 Å². The Hall–Kier alpha value is -3.94. The predicted molar refractivity (Wildman–Crippen MR) is 107 cm³/mol. The number of anilines is 4. The molecular formula is C20H19N5O3. The zero-order valence-electron chi connectivity index (χ0n) is 15.4. The van der Waals surface area contributed by atoms with E-state index in [-0.39, 0.29) is 23.5 Å². The number of carbonyl (C=O) groups is 2. The maximum absolute atomic E-state index is 12.4. The van der Waals surface area contributed by atoms with E-state index in [1.807, 2.05) is 0 Å². The standard InChI is InChI=1S/C20H19N5O3/c1-13(26)22-15-4-3-5-16(12-15)24-20-21-11-10-18(25-20)19(27)23-14-6-8-17(28-2)9-7-14/h3-12H,1-2H3,(H,22,26)(H,23,27)(H,21,24,25). The Balaban J connectivity index is 1.71. The summed E-state index contributed by atoms with van der Waals surface area (Å²) in [5.41, 5.74) is 2.16. The maximum Gasteiger partial charge on any atom is 0.274 e. The zero-order chi connectivity index (χ0) is 19.9. The van der Waals surface area contributed by atoms with E-state index >= 15 is 0 Å². The summed E-state index contributed by atoms with van der Waals surface area (Å²) in [4.78, 5) is 32.0. The van der Waals surface area contributed by atoms with Crippen molar-refractivity contribution in [1.29, 1.82) is 0 Å². The molecule has 1 heterocycles. The van der Waals surface area contributed by atoms with Crippen molar-refractivity contribution in [3.05, 3.63) is 66.5 Å². The number of methoxy groups -OCH3 is 1. The second-order valence-corrected chi connectivity index (χ2v) is 5.84. The van der Waals surface area contributed by atoms with Gasteiger partial charge in [0.15, 0.2) is 0 Å². The van der Waals surface area contributed by atoms with Crippen LogP contribution in [-0.4, -0.2) is 28.9 Å². The predicted octanol–water partition coefficient (Wildman–Crippen LogP) is 3.44. The van der Waals surface area contributed by atoms with Crippen molar-refractivity contribution in [2.45, 2.75) is 6.92 Å². The first-order chi connectivity index (χ1) is 13.5. The third kappa shape index (κ3) is 5.04. The van der Waals surface area contributed by atoms with E-state index in [2.05, 4.69) is 25.9 Å². The number of hydrogen-bond acceptors (Lipinski definition) is 6.